The first-order valence-corrected chi connectivity index (χ1v) is 10.4. The maximum Gasteiger partial charge on any atom is 0.264 e. The lowest BCUT2D eigenvalue weighted by Crippen LogP contribution is -2.46. The summed E-state index contributed by atoms with van der Waals surface area (Å²) in [6.07, 6.45) is 0. The van der Waals surface area contributed by atoms with Crippen molar-refractivity contribution >= 4 is 33.0 Å². The topological polar surface area (TPSA) is 52.6 Å². The molecule has 9 heteroatoms. The van der Waals surface area contributed by atoms with Gasteiger partial charge in [-0.2, -0.15) is 0 Å². The summed E-state index contributed by atoms with van der Waals surface area (Å²) >= 11 is 6.04. The third kappa shape index (κ3) is 4.51. The number of hydrogen-bond donors (Lipinski definition) is 1. The van der Waals surface area contributed by atoms with Gasteiger partial charge in [-0.15, -0.1) is 0 Å². The average Bonchev–Trinajstić information content (AvgIpc) is 2.63. The average molecular weight is 416 g/mol. The Morgan fingerprint density at radius 2 is 1.78 bits per heavy atom. The van der Waals surface area contributed by atoms with Crippen LogP contribution in [0.15, 0.2) is 41.3 Å². The molecule has 1 aliphatic heterocycles. The van der Waals surface area contributed by atoms with Crippen LogP contribution in [0.25, 0.3) is 0 Å². The van der Waals surface area contributed by atoms with Crippen LogP contribution in [0, 0.1) is 11.6 Å². The van der Waals surface area contributed by atoms with E-state index in [9.17, 15) is 17.2 Å². The Bertz CT molecular complexity index is 932. The van der Waals surface area contributed by atoms with E-state index in [1.807, 2.05) is 4.90 Å². The van der Waals surface area contributed by atoms with Crippen molar-refractivity contribution in [3.8, 4) is 0 Å². The van der Waals surface area contributed by atoms with Crippen molar-refractivity contribution in [3.63, 3.8) is 0 Å². The van der Waals surface area contributed by atoms with Gasteiger partial charge in [0.1, 0.15) is 16.5 Å². The van der Waals surface area contributed by atoms with Crippen LogP contribution < -0.4 is 9.62 Å². The van der Waals surface area contributed by atoms with Crippen LogP contribution in [0.5, 0.6) is 0 Å². The molecule has 1 heterocycles. The fraction of sp³-hybridized carbons (Fsp3) is 0.333. The van der Waals surface area contributed by atoms with Gasteiger partial charge in [-0.3, -0.25) is 4.72 Å². The first-order chi connectivity index (χ1) is 12.8. The number of nitrogens with zero attached hydrogens (tertiary/aromatic N) is 2. The molecule has 1 aliphatic rings. The fourth-order valence-electron chi connectivity index (χ4n) is 3.05. The van der Waals surface area contributed by atoms with E-state index in [4.69, 9.17) is 11.6 Å². The molecule has 0 saturated carbocycles. The largest absolute Gasteiger partial charge is 0.367 e. The molecule has 0 radical (unpaired) electrons. The first-order valence-electron chi connectivity index (χ1n) is 8.55. The number of benzene rings is 2. The minimum absolute atomic E-state index is 0.233. The highest BCUT2D eigenvalue weighted by molar-refractivity contribution is 7.92. The smallest absolute Gasteiger partial charge is 0.264 e. The molecular weight excluding hydrogens is 396 g/mol. The van der Waals surface area contributed by atoms with E-state index >= 15 is 0 Å². The molecule has 0 atom stereocenters. The molecule has 146 valence electrons. The normalized spacial score (nSPS) is 15.8. The molecule has 1 saturated heterocycles. The molecule has 3 rings (SSSR count). The van der Waals surface area contributed by atoms with Crippen molar-refractivity contribution in [2.75, 3.05) is 42.3 Å². The van der Waals surface area contributed by atoms with Gasteiger partial charge < -0.3 is 9.80 Å². The van der Waals surface area contributed by atoms with E-state index < -0.39 is 26.6 Å². The predicted molar refractivity (Wildman–Crippen MR) is 103 cm³/mol. The number of hydrogen-bond acceptors (Lipinski definition) is 4. The van der Waals surface area contributed by atoms with Crippen LogP contribution in [0.3, 0.4) is 0 Å². The SMILES string of the molecule is CCN1CCN(c2ccc(Cl)cc2NS(=O)(=O)c2cc(F)ccc2F)CC1. The number of nitrogens with one attached hydrogen (secondary N) is 1. The van der Waals surface area contributed by atoms with Crippen molar-refractivity contribution in [2.45, 2.75) is 11.8 Å². The summed E-state index contributed by atoms with van der Waals surface area (Å²) in [7, 11) is -4.32. The van der Waals surface area contributed by atoms with E-state index in [1.165, 1.54) is 6.07 Å². The zero-order chi connectivity index (χ0) is 19.6. The Hall–Kier alpha value is -1.90. The van der Waals surface area contributed by atoms with Gasteiger partial charge >= 0.3 is 0 Å². The van der Waals surface area contributed by atoms with Crippen LogP contribution in [-0.4, -0.2) is 46.0 Å². The molecule has 2 aromatic rings. The Kier molecular flexibility index (Phi) is 5.88. The molecule has 1 fully saturated rings. The van der Waals surface area contributed by atoms with Crippen LogP contribution in [0.1, 0.15) is 6.92 Å². The summed E-state index contributed by atoms with van der Waals surface area (Å²) in [5.41, 5.74) is 0.881. The zero-order valence-electron chi connectivity index (χ0n) is 14.8. The van der Waals surface area contributed by atoms with Crippen molar-refractivity contribution < 1.29 is 17.2 Å². The maximum atomic E-state index is 14.0. The number of halogens is 3. The maximum absolute atomic E-state index is 14.0. The second-order valence-electron chi connectivity index (χ2n) is 6.26. The molecule has 0 amide bonds. The highest BCUT2D eigenvalue weighted by Crippen LogP contribution is 2.32. The molecule has 2 aromatic carbocycles. The molecule has 0 aliphatic carbocycles. The molecule has 0 unspecified atom stereocenters. The van der Waals surface area contributed by atoms with Crippen molar-refractivity contribution in [1.29, 1.82) is 0 Å². The standard InChI is InChI=1S/C18H20ClF2N3O2S/c1-2-23-7-9-24(10-8-23)17-6-3-13(19)11-16(17)22-27(25,26)18-12-14(20)4-5-15(18)21/h3-6,11-12,22H,2,7-10H2,1H3. The second-order valence-corrected chi connectivity index (χ2v) is 8.35. The lowest BCUT2D eigenvalue weighted by Gasteiger charge is -2.36. The molecule has 0 bridgehead atoms. The number of sulfonamides is 1. The van der Waals surface area contributed by atoms with Crippen molar-refractivity contribution in [3.05, 3.63) is 53.1 Å². The molecule has 27 heavy (non-hydrogen) atoms. The summed E-state index contributed by atoms with van der Waals surface area (Å²) in [6.45, 7) is 6.18. The molecule has 0 aromatic heterocycles. The summed E-state index contributed by atoms with van der Waals surface area (Å²) in [4.78, 5) is 3.59. The van der Waals surface area contributed by atoms with Crippen molar-refractivity contribution in [2.24, 2.45) is 0 Å². The molecule has 1 N–H and O–H groups in total. The van der Waals surface area contributed by atoms with Crippen LogP contribution in [-0.2, 0) is 10.0 Å². The molecular formula is C18H20ClF2N3O2S. The third-order valence-electron chi connectivity index (χ3n) is 4.55. The summed E-state index contributed by atoms with van der Waals surface area (Å²) in [5, 5.41) is 0.336. The Morgan fingerprint density at radius 3 is 2.44 bits per heavy atom. The van der Waals surface area contributed by atoms with Gasteiger partial charge in [0.2, 0.25) is 0 Å². The van der Waals surface area contributed by atoms with Crippen LogP contribution in [0.4, 0.5) is 20.2 Å². The Morgan fingerprint density at radius 1 is 1.07 bits per heavy atom. The molecule has 5 nitrogen and oxygen atoms in total. The fourth-order valence-corrected chi connectivity index (χ4v) is 4.38. The van der Waals surface area contributed by atoms with Gasteiger partial charge in [0.05, 0.1) is 11.4 Å². The van der Waals surface area contributed by atoms with E-state index in [0.717, 1.165) is 44.9 Å². The highest BCUT2D eigenvalue weighted by atomic mass is 35.5. The second kappa shape index (κ2) is 8.00. The van der Waals surface area contributed by atoms with Gasteiger partial charge in [0, 0.05) is 31.2 Å². The number of piperazine rings is 1. The molecule has 0 spiro atoms. The Balaban J connectivity index is 1.92. The first kappa shape index (κ1) is 19.9. The lowest BCUT2D eigenvalue weighted by molar-refractivity contribution is 0.271. The van der Waals surface area contributed by atoms with Crippen LogP contribution in [0.2, 0.25) is 5.02 Å². The van der Waals surface area contributed by atoms with Gasteiger partial charge in [-0.1, -0.05) is 18.5 Å². The van der Waals surface area contributed by atoms with Gasteiger partial charge in [0.25, 0.3) is 10.0 Å². The number of anilines is 2. The number of likely N-dealkylation sites (N-methyl/N-ethyl adjacent to an activating group) is 1. The lowest BCUT2D eigenvalue weighted by atomic mass is 10.2. The van der Waals surface area contributed by atoms with Gasteiger partial charge in [0.15, 0.2) is 0 Å². The minimum Gasteiger partial charge on any atom is -0.367 e. The third-order valence-corrected chi connectivity index (χ3v) is 6.16. The predicted octanol–water partition coefficient (Wildman–Crippen LogP) is 3.56. The van der Waals surface area contributed by atoms with E-state index in [2.05, 4.69) is 16.5 Å². The monoisotopic (exact) mass is 415 g/mol. The minimum atomic E-state index is -4.32. The summed E-state index contributed by atoms with van der Waals surface area (Å²) in [5.74, 6) is -1.86. The zero-order valence-corrected chi connectivity index (χ0v) is 16.3. The highest BCUT2D eigenvalue weighted by Gasteiger charge is 2.24. The summed E-state index contributed by atoms with van der Waals surface area (Å²) < 4.78 is 55.0. The Labute approximate surface area is 162 Å². The van der Waals surface area contributed by atoms with Gasteiger partial charge in [-0.05, 0) is 42.9 Å². The summed E-state index contributed by atoms with van der Waals surface area (Å²) in [6, 6.07) is 7.17. The van der Waals surface area contributed by atoms with Crippen LogP contribution >= 0.6 is 11.6 Å². The quantitative estimate of drug-likeness (QED) is 0.811. The van der Waals surface area contributed by atoms with E-state index in [1.54, 1.807) is 12.1 Å². The van der Waals surface area contributed by atoms with E-state index in [-0.39, 0.29) is 5.69 Å². The van der Waals surface area contributed by atoms with Gasteiger partial charge in [-0.25, -0.2) is 17.2 Å². The number of rotatable bonds is 5. The van der Waals surface area contributed by atoms with Crippen molar-refractivity contribution in [1.82, 2.24) is 4.90 Å². The van der Waals surface area contributed by atoms with E-state index in [0.29, 0.717) is 16.8 Å².